The van der Waals surface area contributed by atoms with Crippen molar-refractivity contribution in [2.24, 2.45) is 5.92 Å². The lowest BCUT2D eigenvalue weighted by Crippen LogP contribution is -2.36. The maximum Gasteiger partial charge on any atom is 0.343 e. The molecule has 2 aliphatic rings. The molecule has 120 valence electrons. The van der Waals surface area contributed by atoms with E-state index in [9.17, 15) is 4.79 Å². The van der Waals surface area contributed by atoms with E-state index in [1.165, 1.54) is 0 Å². The van der Waals surface area contributed by atoms with E-state index in [0.29, 0.717) is 23.5 Å². The van der Waals surface area contributed by atoms with Crippen molar-refractivity contribution in [1.29, 1.82) is 0 Å². The molecule has 0 bridgehead atoms. The van der Waals surface area contributed by atoms with Gasteiger partial charge in [0.15, 0.2) is 0 Å². The Morgan fingerprint density at radius 3 is 2.62 bits per heavy atom. The first-order chi connectivity index (χ1) is 11.8. The van der Waals surface area contributed by atoms with Crippen molar-refractivity contribution in [3.63, 3.8) is 0 Å². The maximum atomic E-state index is 12.8. The summed E-state index contributed by atoms with van der Waals surface area (Å²) in [5.74, 6) is 0.672. The largest absolute Gasteiger partial charge is 0.463 e. The minimum absolute atomic E-state index is 0.0664. The average Bonchev–Trinajstić information content (AvgIpc) is 3.09. The highest BCUT2D eigenvalue weighted by molar-refractivity contribution is 5.85. The molecule has 4 heteroatoms. The summed E-state index contributed by atoms with van der Waals surface area (Å²) in [5.41, 5.74) is 1.95. The second-order valence-corrected chi connectivity index (χ2v) is 6.33. The topological polar surface area (TPSA) is 48.7 Å². The Kier molecular flexibility index (Phi) is 3.00. The van der Waals surface area contributed by atoms with Gasteiger partial charge in [-0.2, -0.15) is 0 Å². The molecule has 0 amide bonds. The van der Waals surface area contributed by atoms with E-state index in [2.05, 4.69) is 12.1 Å². The molecule has 0 aliphatic carbocycles. The highest BCUT2D eigenvalue weighted by atomic mass is 16.7. The van der Waals surface area contributed by atoms with Crippen LogP contribution in [0.25, 0.3) is 11.0 Å². The van der Waals surface area contributed by atoms with Crippen LogP contribution >= 0.6 is 0 Å². The molecule has 1 saturated heterocycles. The second-order valence-electron chi connectivity index (χ2n) is 6.33. The Balaban J connectivity index is 1.82. The maximum absolute atomic E-state index is 12.8. The summed E-state index contributed by atoms with van der Waals surface area (Å²) in [6.45, 7) is 0.649. The molecule has 24 heavy (non-hydrogen) atoms. The molecule has 3 heterocycles. The molecule has 2 aromatic carbocycles. The lowest BCUT2D eigenvalue weighted by molar-refractivity contribution is -0.0735. The predicted molar refractivity (Wildman–Crippen MR) is 89.2 cm³/mol. The third kappa shape index (κ3) is 1.93. The molecular formula is C20H16O4. The van der Waals surface area contributed by atoms with Crippen molar-refractivity contribution in [2.45, 2.75) is 18.6 Å². The van der Waals surface area contributed by atoms with Crippen molar-refractivity contribution in [1.82, 2.24) is 0 Å². The lowest BCUT2D eigenvalue weighted by Gasteiger charge is -2.34. The van der Waals surface area contributed by atoms with E-state index in [0.717, 1.165) is 17.4 Å². The first-order valence-electron chi connectivity index (χ1n) is 8.22. The van der Waals surface area contributed by atoms with E-state index >= 15 is 0 Å². The van der Waals surface area contributed by atoms with E-state index in [1.54, 1.807) is 6.07 Å². The molecule has 1 fully saturated rings. The van der Waals surface area contributed by atoms with E-state index < -0.39 is 0 Å². The highest BCUT2D eigenvalue weighted by Gasteiger charge is 2.45. The molecule has 0 saturated carbocycles. The Morgan fingerprint density at radius 1 is 0.958 bits per heavy atom. The van der Waals surface area contributed by atoms with Crippen LogP contribution in [0.15, 0.2) is 63.8 Å². The summed E-state index contributed by atoms with van der Waals surface area (Å²) in [5, 5.41) is 0.821. The van der Waals surface area contributed by atoms with Crippen LogP contribution in [0.2, 0.25) is 0 Å². The van der Waals surface area contributed by atoms with Gasteiger partial charge in [-0.3, -0.25) is 0 Å². The molecule has 0 radical (unpaired) electrons. The number of benzene rings is 2. The van der Waals surface area contributed by atoms with Gasteiger partial charge in [0.1, 0.15) is 11.3 Å². The van der Waals surface area contributed by atoms with Crippen LogP contribution in [-0.4, -0.2) is 12.9 Å². The molecule has 0 N–H and O–H groups in total. The number of rotatable bonds is 1. The van der Waals surface area contributed by atoms with Gasteiger partial charge in [-0.05, 0) is 24.1 Å². The molecule has 3 aromatic rings. The number of para-hydroxylation sites is 1. The number of fused-ring (bicyclic) bond motifs is 4. The zero-order chi connectivity index (χ0) is 16.1. The summed E-state index contributed by atoms with van der Waals surface area (Å²) >= 11 is 0. The summed E-state index contributed by atoms with van der Waals surface area (Å²) in [6.07, 6.45) is 0.559. The number of hydrogen-bond donors (Lipinski definition) is 0. The van der Waals surface area contributed by atoms with Crippen LogP contribution in [0.3, 0.4) is 0 Å². The first-order valence-corrected chi connectivity index (χ1v) is 8.22. The fourth-order valence-electron chi connectivity index (χ4n) is 3.96. The van der Waals surface area contributed by atoms with Crippen molar-refractivity contribution >= 4 is 11.0 Å². The predicted octanol–water partition coefficient (Wildman–Crippen LogP) is 3.68. The van der Waals surface area contributed by atoms with Gasteiger partial charge in [-0.1, -0.05) is 42.5 Å². The van der Waals surface area contributed by atoms with Gasteiger partial charge in [0.2, 0.25) is 6.29 Å². The summed E-state index contributed by atoms with van der Waals surface area (Å²) in [6, 6.07) is 17.6. The normalized spacial score (nSPS) is 25.1. The highest BCUT2D eigenvalue weighted by Crippen LogP contribution is 2.48. The molecule has 3 atom stereocenters. The summed E-state index contributed by atoms with van der Waals surface area (Å²) in [7, 11) is 0. The number of ether oxygens (including phenoxy) is 2. The van der Waals surface area contributed by atoms with Crippen molar-refractivity contribution in [2.75, 3.05) is 6.61 Å². The third-order valence-electron chi connectivity index (χ3n) is 5.01. The fraction of sp³-hybridized carbons (Fsp3) is 0.250. The zero-order valence-electron chi connectivity index (χ0n) is 13.0. The summed E-state index contributed by atoms with van der Waals surface area (Å²) in [4.78, 5) is 12.8. The third-order valence-corrected chi connectivity index (χ3v) is 5.01. The Hall–Kier alpha value is -2.59. The van der Waals surface area contributed by atoms with Gasteiger partial charge < -0.3 is 13.9 Å². The van der Waals surface area contributed by atoms with Gasteiger partial charge in [0.25, 0.3) is 0 Å². The standard InChI is InChI=1S/C20H16O4/c21-19-17-16(12-6-2-1-3-7-12)14-10-11-22-20(14)24-18(17)13-8-4-5-9-15(13)23-19/h1-9,14,16,20H,10-11H2/t14-,16-,20+/m0/s1. The average molecular weight is 320 g/mol. The van der Waals surface area contributed by atoms with Crippen LogP contribution < -0.4 is 10.4 Å². The zero-order valence-corrected chi connectivity index (χ0v) is 13.0. The second kappa shape index (κ2) is 5.21. The van der Waals surface area contributed by atoms with Gasteiger partial charge in [-0.25, -0.2) is 4.79 Å². The SMILES string of the molecule is O=c1oc2ccccc2c2c1[C@@H](c1ccccc1)[C@@H]1CCO[C@@H]1O2. The molecule has 5 rings (SSSR count). The van der Waals surface area contributed by atoms with Crippen LogP contribution in [-0.2, 0) is 4.74 Å². The van der Waals surface area contributed by atoms with E-state index in [4.69, 9.17) is 13.9 Å². The molecule has 1 aromatic heterocycles. The molecule has 0 spiro atoms. The van der Waals surface area contributed by atoms with Crippen LogP contribution in [0.4, 0.5) is 0 Å². The molecule has 4 nitrogen and oxygen atoms in total. The van der Waals surface area contributed by atoms with Gasteiger partial charge in [0.05, 0.1) is 17.6 Å². The quantitative estimate of drug-likeness (QED) is 0.642. The van der Waals surface area contributed by atoms with Gasteiger partial charge in [0, 0.05) is 11.8 Å². The first kappa shape index (κ1) is 13.8. The van der Waals surface area contributed by atoms with Crippen molar-refractivity contribution < 1.29 is 13.9 Å². The monoisotopic (exact) mass is 320 g/mol. The molecule has 0 unspecified atom stereocenters. The Labute approximate surface area is 138 Å². The Bertz CT molecular complexity index is 960. The minimum atomic E-state index is -0.317. The summed E-state index contributed by atoms with van der Waals surface area (Å²) < 4.78 is 17.5. The fourth-order valence-corrected chi connectivity index (χ4v) is 3.96. The molecular weight excluding hydrogens is 304 g/mol. The minimum Gasteiger partial charge on any atom is -0.463 e. The van der Waals surface area contributed by atoms with Crippen LogP contribution in [0.5, 0.6) is 5.75 Å². The lowest BCUT2D eigenvalue weighted by atomic mass is 9.78. The van der Waals surface area contributed by atoms with Gasteiger partial charge >= 0.3 is 5.63 Å². The smallest absolute Gasteiger partial charge is 0.343 e. The van der Waals surface area contributed by atoms with Crippen LogP contribution in [0, 0.1) is 5.92 Å². The number of hydrogen-bond acceptors (Lipinski definition) is 4. The van der Waals surface area contributed by atoms with Gasteiger partial charge in [-0.15, -0.1) is 0 Å². The van der Waals surface area contributed by atoms with Crippen molar-refractivity contribution in [3.05, 3.63) is 76.1 Å². The Morgan fingerprint density at radius 2 is 1.75 bits per heavy atom. The van der Waals surface area contributed by atoms with E-state index in [1.807, 2.05) is 36.4 Å². The molecule has 2 aliphatic heterocycles. The van der Waals surface area contributed by atoms with E-state index in [-0.39, 0.29) is 23.8 Å². The van der Waals surface area contributed by atoms with Crippen LogP contribution in [0.1, 0.15) is 23.5 Å². The van der Waals surface area contributed by atoms with Crippen molar-refractivity contribution in [3.8, 4) is 5.75 Å².